The van der Waals surface area contributed by atoms with Gasteiger partial charge in [0.2, 0.25) is 0 Å². The summed E-state index contributed by atoms with van der Waals surface area (Å²) in [5, 5.41) is 0. The fourth-order valence-corrected chi connectivity index (χ4v) is 2.28. The van der Waals surface area contributed by atoms with Crippen LogP contribution < -0.4 is 4.74 Å². The fourth-order valence-electron chi connectivity index (χ4n) is 2.07. The summed E-state index contributed by atoms with van der Waals surface area (Å²) in [6, 6.07) is 16.4. The molecule has 0 spiro atoms. The molecule has 0 N–H and O–H groups in total. The molecule has 0 aliphatic heterocycles. The number of aryl methyl sites for hydroxylation is 1. The van der Waals surface area contributed by atoms with Crippen LogP contribution in [0.25, 0.3) is 6.08 Å². The molecule has 0 heterocycles. The lowest BCUT2D eigenvalue weighted by molar-refractivity contribution is 0.339. The molecule has 0 aliphatic rings. The second-order valence-corrected chi connectivity index (χ2v) is 5.16. The summed E-state index contributed by atoms with van der Waals surface area (Å²) in [6.45, 7) is 4.80. The molecule has 2 aromatic carbocycles. The molecule has 0 saturated carbocycles. The highest BCUT2D eigenvalue weighted by atomic mass is 32.1. The van der Waals surface area contributed by atoms with Crippen LogP contribution in [0.2, 0.25) is 0 Å². The molecule has 0 aromatic heterocycles. The number of hydrogen-bond acceptors (Lipinski definition) is 2. The van der Waals surface area contributed by atoms with Gasteiger partial charge in [-0.2, -0.15) is 0 Å². The van der Waals surface area contributed by atoms with Crippen LogP contribution >= 0.6 is 12.2 Å². The van der Waals surface area contributed by atoms with E-state index in [0.29, 0.717) is 6.61 Å². The van der Waals surface area contributed by atoms with Gasteiger partial charge in [-0.15, -0.1) is 0 Å². The molecular formula is C19H20OS. The van der Waals surface area contributed by atoms with E-state index in [9.17, 15) is 0 Å². The van der Waals surface area contributed by atoms with Crippen molar-refractivity contribution >= 4 is 23.2 Å². The number of allylic oxidation sites excluding steroid dienone is 1. The molecule has 0 atom stereocenters. The van der Waals surface area contributed by atoms with Crippen LogP contribution in [0.5, 0.6) is 5.75 Å². The van der Waals surface area contributed by atoms with Crippen molar-refractivity contribution in [2.24, 2.45) is 0 Å². The number of hydrogen-bond donors (Lipinski definition) is 0. The first kappa shape index (κ1) is 15.5. The second kappa shape index (κ2) is 7.75. The summed E-state index contributed by atoms with van der Waals surface area (Å²) in [5.41, 5.74) is 3.45. The SMILES string of the molecule is CCOc1ccccc1C=CC(=S)c1ccc(CC)cc1. The summed E-state index contributed by atoms with van der Waals surface area (Å²) in [6.07, 6.45) is 5.03. The topological polar surface area (TPSA) is 9.23 Å². The molecule has 1 nitrogen and oxygen atoms in total. The molecule has 0 fully saturated rings. The van der Waals surface area contributed by atoms with Crippen LogP contribution in [0.3, 0.4) is 0 Å². The molecule has 0 unspecified atom stereocenters. The average Bonchev–Trinajstić information content (AvgIpc) is 2.54. The van der Waals surface area contributed by atoms with Crippen molar-refractivity contribution in [2.75, 3.05) is 6.61 Å². The van der Waals surface area contributed by atoms with Gasteiger partial charge in [0.15, 0.2) is 0 Å². The number of para-hydroxylation sites is 1. The highest BCUT2D eigenvalue weighted by Gasteiger charge is 2.00. The van der Waals surface area contributed by atoms with E-state index >= 15 is 0 Å². The van der Waals surface area contributed by atoms with Gasteiger partial charge in [0.25, 0.3) is 0 Å². The lowest BCUT2D eigenvalue weighted by Crippen LogP contribution is -1.95. The Hall–Kier alpha value is -1.93. The molecule has 2 aromatic rings. The molecular weight excluding hydrogens is 276 g/mol. The maximum Gasteiger partial charge on any atom is 0.126 e. The Morgan fingerprint density at radius 2 is 1.76 bits per heavy atom. The minimum Gasteiger partial charge on any atom is -0.493 e. The van der Waals surface area contributed by atoms with E-state index < -0.39 is 0 Å². The Labute approximate surface area is 132 Å². The summed E-state index contributed by atoms with van der Waals surface area (Å²) < 4.78 is 5.61. The standard InChI is InChI=1S/C19H20OS/c1-3-15-9-11-17(12-10-15)19(21)14-13-16-7-5-6-8-18(16)20-4-2/h5-14H,3-4H2,1-2H3. The van der Waals surface area contributed by atoms with E-state index in [-0.39, 0.29) is 0 Å². The largest absolute Gasteiger partial charge is 0.493 e. The van der Waals surface area contributed by atoms with Crippen LogP contribution in [0.1, 0.15) is 30.5 Å². The zero-order valence-electron chi connectivity index (χ0n) is 12.5. The maximum atomic E-state index is 5.61. The van der Waals surface area contributed by atoms with Gasteiger partial charge in [-0.25, -0.2) is 0 Å². The minimum absolute atomic E-state index is 0.660. The highest BCUT2D eigenvalue weighted by molar-refractivity contribution is 7.81. The van der Waals surface area contributed by atoms with Crippen molar-refractivity contribution in [2.45, 2.75) is 20.3 Å². The number of ether oxygens (including phenoxy) is 1. The van der Waals surface area contributed by atoms with Crippen molar-refractivity contribution in [3.05, 3.63) is 71.3 Å². The zero-order chi connectivity index (χ0) is 15.1. The molecule has 2 heteroatoms. The summed E-state index contributed by atoms with van der Waals surface area (Å²) >= 11 is 5.48. The normalized spacial score (nSPS) is 10.8. The Balaban J connectivity index is 2.14. The van der Waals surface area contributed by atoms with Crippen LogP contribution in [0, 0.1) is 0 Å². The lowest BCUT2D eigenvalue weighted by atomic mass is 10.1. The van der Waals surface area contributed by atoms with E-state index in [1.165, 1.54) is 5.56 Å². The molecule has 108 valence electrons. The van der Waals surface area contributed by atoms with Crippen LogP contribution in [-0.4, -0.2) is 11.5 Å². The van der Waals surface area contributed by atoms with Crippen molar-refractivity contribution in [1.82, 2.24) is 0 Å². The molecule has 0 radical (unpaired) electrons. The monoisotopic (exact) mass is 296 g/mol. The summed E-state index contributed by atoms with van der Waals surface area (Å²) in [4.78, 5) is 0.837. The van der Waals surface area contributed by atoms with Gasteiger partial charge in [-0.3, -0.25) is 0 Å². The number of thiocarbonyl (C=S) groups is 1. The van der Waals surface area contributed by atoms with E-state index in [0.717, 1.165) is 28.2 Å². The first-order valence-corrected chi connectivity index (χ1v) is 7.68. The fraction of sp³-hybridized carbons (Fsp3) is 0.211. The quantitative estimate of drug-likeness (QED) is 0.418. The van der Waals surface area contributed by atoms with Gasteiger partial charge in [0.05, 0.1) is 6.61 Å². The van der Waals surface area contributed by atoms with Crippen molar-refractivity contribution in [1.29, 1.82) is 0 Å². The average molecular weight is 296 g/mol. The second-order valence-electron chi connectivity index (χ2n) is 4.72. The van der Waals surface area contributed by atoms with Crippen molar-refractivity contribution in [3.8, 4) is 5.75 Å². The van der Waals surface area contributed by atoms with E-state index in [2.05, 4.69) is 31.2 Å². The van der Waals surface area contributed by atoms with Crippen LogP contribution in [0.4, 0.5) is 0 Å². The Kier molecular flexibility index (Phi) is 5.70. The maximum absolute atomic E-state index is 5.61. The van der Waals surface area contributed by atoms with Crippen LogP contribution in [-0.2, 0) is 6.42 Å². The highest BCUT2D eigenvalue weighted by Crippen LogP contribution is 2.20. The van der Waals surface area contributed by atoms with Crippen molar-refractivity contribution < 1.29 is 4.74 Å². The molecule has 0 bridgehead atoms. The molecule has 0 aliphatic carbocycles. The van der Waals surface area contributed by atoms with Gasteiger partial charge in [0.1, 0.15) is 5.75 Å². The predicted octanol–water partition coefficient (Wildman–Crippen LogP) is 5.08. The molecule has 21 heavy (non-hydrogen) atoms. The first-order valence-electron chi connectivity index (χ1n) is 7.27. The van der Waals surface area contributed by atoms with E-state index in [1.54, 1.807) is 0 Å². The molecule has 0 saturated heterocycles. The number of rotatable bonds is 6. The molecule has 2 rings (SSSR count). The third kappa shape index (κ3) is 4.27. The Bertz CT molecular complexity index is 626. The molecule has 0 amide bonds. The van der Waals surface area contributed by atoms with Gasteiger partial charge in [0, 0.05) is 10.4 Å². The zero-order valence-corrected chi connectivity index (χ0v) is 13.3. The number of benzene rings is 2. The van der Waals surface area contributed by atoms with Crippen molar-refractivity contribution in [3.63, 3.8) is 0 Å². The lowest BCUT2D eigenvalue weighted by Gasteiger charge is -2.06. The van der Waals surface area contributed by atoms with Crippen LogP contribution in [0.15, 0.2) is 54.6 Å². The van der Waals surface area contributed by atoms with E-state index in [1.807, 2.05) is 43.3 Å². The predicted molar refractivity (Wildman–Crippen MR) is 94.2 cm³/mol. The summed E-state index contributed by atoms with van der Waals surface area (Å²) in [7, 11) is 0. The van der Waals surface area contributed by atoms with Gasteiger partial charge in [-0.05, 0) is 42.7 Å². The smallest absolute Gasteiger partial charge is 0.126 e. The van der Waals surface area contributed by atoms with Gasteiger partial charge in [-0.1, -0.05) is 61.6 Å². The van der Waals surface area contributed by atoms with Gasteiger partial charge >= 0.3 is 0 Å². The third-order valence-corrected chi connectivity index (χ3v) is 3.65. The van der Waals surface area contributed by atoms with E-state index in [4.69, 9.17) is 17.0 Å². The summed E-state index contributed by atoms with van der Waals surface area (Å²) in [5.74, 6) is 0.889. The Morgan fingerprint density at radius 1 is 1.05 bits per heavy atom. The third-order valence-electron chi connectivity index (χ3n) is 3.28. The van der Waals surface area contributed by atoms with Gasteiger partial charge < -0.3 is 4.74 Å². The minimum atomic E-state index is 0.660. The first-order chi connectivity index (χ1) is 10.2. The Morgan fingerprint density at radius 3 is 2.43 bits per heavy atom.